The van der Waals surface area contributed by atoms with Gasteiger partial charge in [-0.2, -0.15) is 13.2 Å². The zero-order valence-electron chi connectivity index (χ0n) is 17.7. The van der Waals surface area contributed by atoms with Crippen molar-refractivity contribution >= 4 is 46.5 Å². The minimum absolute atomic E-state index is 0.00678. The van der Waals surface area contributed by atoms with Crippen LogP contribution in [0.1, 0.15) is 35.5 Å². The Morgan fingerprint density at radius 3 is 2.35 bits per heavy atom. The first kappa shape index (κ1) is 26.6. The van der Waals surface area contributed by atoms with Gasteiger partial charge >= 0.3 is 12.1 Å². The van der Waals surface area contributed by atoms with Gasteiger partial charge in [-0.1, -0.05) is 40.0 Å². The molecule has 2 atom stereocenters. The number of hydrogen-bond donors (Lipinski definition) is 2. The van der Waals surface area contributed by atoms with Gasteiger partial charge in [0.05, 0.1) is 34.0 Å². The number of furan rings is 1. The monoisotopic (exact) mass is 542 g/mol. The summed E-state index contributed by atoms with van der Waals surface area (Å²) < 4.78 is 52.1. The van der Waals surface area contributed by atoms with Crippen molar-refractivity contribution < 1.29 is 37.1 Å². The standard InChI is InChI=1S/C16H12Cl3F3N2O2.C5H8O3/c1-7-8(6-23)2-13(25-7)12-5-15(26-24-12,16(20,21)22)9-3-10(17)14(19)11(18)4-9;6-5(7)4-1-2-8-3-4/h2-4H,5-6,23H2,1H3;4H,1-3H2,(H,6,7). The molecular formula is C21H20Cl3F3N2O5. The van der Waals surface area contributed by atoms with Crippen LogP contribution < -0.4 is 5.73 Å². The van der Waals surface area contributed by atoms with Gasteiger partial charge in [0.2, 0.25) is 0 Å². The number of carboxylic acids is 1. The predicted octanol–water partition coefficient (Wildman–Crippen LogP) is 5.70. The van der Waals surface area contributed by atoms with E-state index in [0.717, 1.165) is 12.1 Å². The zero-order valence-corrected chi connectivity index (χ0v) is 20.0. The third-order valence-corrected chi connectivity index (χ3v) is 6.64. The molecule has 4 rings (SSSR count). The van der Waals surface area contributed by atoms with Gasteiger partial charge in [-0.25, -0.2) is 0 Å². The van der Waals surface area contributed by atoms with Gasteiger partial charge in [0, 0.05) is 24.3 Å². The maximum absolute atomic E-state index is 13.9. The number of nitrogens with two attached hydrogens (primary N) is 1. The second-order valence-electron chi connectivity index (χ2n) is 7.68. The van der Waals surface area contributed by atoms with Crippen LogP contribution in [0.5, 0.6) is 0 Å². The van der Waals surface area contributed by atoms with Crippen molar-refractivity contribution in [3.05, 3.63) is 55.9 Å². The number of carbonyl (C=O) groups is 1. The minimum atomic E-state index is -4.79. The van der Waals surface area contributed by atoms with E-state index >= 15 is 0 Å². The lowest BCUT2D eigenvalue weighted by Gasteiger charge is -2.29. The second-order valence-corrected chi connectivity index (χ2v) is 8.87. The number of ether oxygens (including phenoxy) is 1. The fourth-order valence-electron chi connectivity index (χ4n) is 3.42. The molecule has 0 radical (unpaired) electrons. The number of aryl methyl sites for hydroxylation is 1. The van der Waals surface area contributed by atoms with Gasteiger partial charge < -0.3 is 24.8 Å². The largest absolute Gasteiger partial charge is 0.481 e. The molecule has 0 amide bonds. The number of halogens is 6. The molecule has 1 fully saturated rings. The Morgan fingerprint density at radius 2 is 1.91 bits per heavy atom. The smallest absolute Gasteiger partial charge is 0.435 e. The van der Waals surface area contributed by atoms with E-state index in [1.807, 2.05) is 0 Å². The summed E-state index contributed by atoms with van der Waals surface area (Å²) in [6, 6.07) is 3.69. The van der Waals surface area contributed by atoms with Crippen molar-refractivity contribution in [2.75, 3.05) is 13.2 Å². The molecule has 2 aromatic rings. The Morgan fingerprint density at radius 1 is 1.26 bits per heavy atom. The van der Waals surface area contributed by atoms with E-state index in [2.05, 4.69) is 5.16 Å². The van der Waals surface area contributed by atoms with Crippen molar-refractivity contribution in [2.24, 2.45) is 16.8 Å². The van der Waals surface area contributed by atoms with E-state index in [9.17, 15) is 18.0 Å². The summed E-state index contributed by atoms with van der Waals surface area (Å²) in [5.41, 5.74) is 3.20. The van der Waals surface area contributed by atoms with Crippen molar-refractivity contribution in [1.82, 2.24) is 0 Å². The highest BCUT2D eigenvalue weighted by Gasteiger charge is 2.62. The summed E-state index contributed by atoms with van der Waals surface area (Å²) in [7, 11) is 0. The number of carboxylic acid groups (broad SMARTS) is 1. The van der Waals surface area contributed by atoms with Crippen LogP contribution in [0, 0.1) is 12.8 Å². The quantitative estimate of drug-likeness (QED) is 0.479. The van der Waals surface area contributed by atoms with Crippen molar-refractivity contribution in [3.8, 4) is 0 Å². The average Bonchev–Trinajstić information content (AvgIpc) is 3.50. The first-order valence-electron chi connectivity index (χ1n) is 9.96. The molecular weight excluding hydrogens is 524 g/mol. The second kappa shape index (κ2) is 10.3. The fourth-order valence-corrected chi connectivity index (χ4v) is 4.01. The molecule has 0 aliphatic carbocycles. The summed E-state index contributed by atoms with van der Waals surface area (Å²) in [6.07, 6.45) is -4.73. The van der Waals surface area contributed by atoms with E-state index < -0.39 is 24.2 Å². The molecule has 2 aliphatic heterocycles. The Bertz CT molecular complexity index is 1080. The highest BCUT2D eigenvalue weighted by molar-refractivity contribution is 6.48. The molecule has 1 saturated heterocycles. The topological polar surface area (TPSA) is 107 Å². The molecule has 34 heavy (non-hydrogen) atoms. The van der Waals surface area contributed by atoms with Crippen LogP contribution in [0.25, 0.3) is 0 Å². The van der Waals surface area contributed by atoms with E-state index in [1.165, 1.54) is 0 Å². The summed E-state index contributed by atoms with van der Waals surface area (Å²) in [5, 5.41) is 11.7. The predicted molar refractivity (Wildman–Crippen MR) is 119 cm³/mol. The van der Waals surface area contributed by atoms with Gasteiger partial charge in [0.1, 0.15) is 11.5 Å². The number of aliphatic carboxylic acids is 1. The van der Waals surface area contributed by atoms with E-state index in [-0.39, 0.29) is 44.6 Å². The van der Waals surface area contributed by atoms with Crippen LogP contribution in [0.4, 0.5) is 13.2 Å². The molecule has 186 valence electrons. The molecule has 13 heteroatoms. The Hall–Kier alpha value is -1.98. The number of alkyl halides is 3. The van der Waals surface area contributed by atoms with E-state index in [0.29, 0.717) is 31.0 Å². The van der Waals surface area contributed by atoms with Gasteiger partial charge in [0.25, 0.3) is 5.60 Å². The summed E-state index contributed by atoms with van der Waals surface area (Å²) in [4.78, 5) is 15.0. The highest BCUT2D eigenvalue weighted by atomic mass is 35.5. The third kappa shape index (κ3) is 5.31. The molecule has 0 bridgehead atoms. The Balaban J connectivity index is 0.000000343. The third-order valence-electron chi connectivity index (χ3n) is 5.44. The van der Waals surface area contributed by atoms with Gasteiger partial charge in [0.15, 0.2) is 5.76 Å². The van der Waals surface area contributed by atoms with Gasteiger partial charge in [-0.15, -0.1) is 0 Å². The number of rotatable bonds is 4. The minimum Gasteiger partial charge on any atom is -0.481 e. The molecule has 3 heterocycles. The maximum Gasteiger partial charge on any atom is 0.435 e. The first-order chi connectivity index (χ1) is 15.9. The molecule has 0 saturated carbocycles. The highest BCUT2D eigenvalue weighted by Crippen LogP contribution is 2.50. The van der Waals surface area contributed by atoms with E-state index in [4.69, 9.17) is 59.6 Å². The number of hydrogen-bond acceptors (Lipinski definition) is 6. The van der Waals surface area contributed by atoms with E-state index in [1.54, 1.807) is 13.0 Å². The first-order valence-corrected chi connectivity index (χ1v) is 11.1. The molecule has 0 spiro atoms. The lowest BCUT2D eigenvalue weighted by molar-refractivity contribution is -0.275. The zero-order chi connectivity index (χ0) is 25.3. The number of nitrogens with zero attached hydrogens (tertiary/aromatic N) is 1. The van der Waals surface area contributed by atoms with Crippen LogP contribution in [0.2, 0.25) is 15.1 Å². The van der Waals surface area contributed by atoms with Crippen molar-refractivity contribution in [1.29, 1.82) is 0 Å². The summed E-state index contributed by atoms with van der Waals surface area (Å²) in [5.74, 6) is -0.301. The fraction of sp³-hybridized carbons (Fsp3) is 0.429. The molecule has 2 aliphatic rings. The van der Waals surface area contributed by atoms with Crippen LogP contribution in [0.15, 0.2) is 27.8 Å². The SMILES string of the molecule is Cc1oc(C2=NOC(c3cc(Cl)c(Cl)c(Cl)c3)(C(F)(F)F)C2)cc1CN.O=C(O)C1CCOC1. The lowest BCUT2D eigenvalue weighted by atomic mass is 9.87. The van der Waals surface area contributed by atoms with Gasteiger partial charge in [-0.3, -0.25) is 4.79 Å². The molecule has 2 unspecified atom stereocenters. The van der Waals surface area contributed by atoms with Crippen LogP contribution in [-0.4, -0.2) is 36.2 Å². The summed E-state index contributed by atoms with van der Waals surface area (Å²) >= 11 is 17.6. The number of oxime groups is 1. The molecule has 3 N–H and O–H groups in total. The maximum atomic E-state index is 13.9. The Labute approximate surface area is 207 Å². The average molecular weight is 544 g/mol. The summed E-state index contributed by atoms with van der Waals surface area (Å²) in [6.45, 7) is 2.86. The Kier molecular flexibility index (Phi) is 8.09. The van der Waals surface area contributed by atoms with Crippen molar-refractivity contribution in [2.45, 2.75) is 38.1 Å². The molecule has 1 aromatic heterocycles. The van der Waals surface area contributed by atoms with Crippen LogP contribution in [0.3, 0.4) is 0 Å². The number of benzene rings is 1. The van der Waals surface area contributed by atoms with Crippen molar-refractivity contribution in [3.63, 3.8) is 0 Å². The normalized spacial score (nSPS) is 22.1. The van der Waals surface area contributed by atoms with Crippen LogP contribution in [-0.2, 0) is 26.5 Å². The molecule has 7 nitrogen and oxygen atoms in total. The molecule has 1 aromatic carbocycles. The van der Waals surface area contributed by atoms with Crippen LogP contribution >= 0.6 is 34.8 Å². The lowest BCUT2D eigenvalue weighted by Crippen LogP contribution is -2.42. The van der Waals surface area contributed by atoms with Gasteiger partial charge in [-0.05, 0) is 31.5 Å².